The van der Waals surface area contributed by atoms with Crippen molar-refractivity contribution in [2.24, 2.45) is 5.73 Å². The van der Waals surface area contributed by atoms with Crippen molar-refractivity contribution in [1.82, 2.24) is 5.32 Å². The van der Waals surface area contributed by atoms with Crippen molar-refractivity contribution < 1.29 is 9.53 Å². The van der Waals surface area contributed by atoms with Crippen LogP contribution >= 0.6 is 11.8 Å². The number of unbranched alkanes of at least 4 members (excludes halogenated alkanes) is 2. The first-order chi connectivity index (χ1) is 7.27. The summed E-state index contributed by atoms with van der Waals surface area (Å²) in [6.07, 6.45) is 2.46. The number of nitrogens with two attached hydrogens (primary N) is 1. The van der Waals surface area contributed by atoms with E-state index in [0.717, 1.165) is 19.3 Å². The van der Waals surface area contributed by atoms with Crippen molar-refractivity contribution in [1.29, 1.82) is 0 Å². The first kappa shape index (κ1) is 14.6. The number of amides is 1. The predicted octanol–water partition coefficient (Wildman–Crippen LogP) is 1.59. The molecule has 0 aromatic rings. The van der Waals surface area contributed by atoms with E-state index in [-0.39, 0.29) is 0 Å². The molecule has 5 heteroatoms. The third kappa shape index (κ3) is 13.6. The Labute approximate surface area is 96.3 Å². The Morgan fingerprint density at radius 3 is 2.40 bits per heavy atom. The van der Waals surface area contributed by atoms with Crippen LogP contribution in [-0.2, 0) is 4.74 Å². The molecule has 90 valence electrons. The van der Waals surface area contributed by atoms with Crippen LogP contribution in [0.1, 0.15) is 26.2 Å². The number of thioether (sulfide) groups is 1. The van der Waals surface area contributed by atoms with Crippen LogP contribution in [0.5, 0.6) is 0 Å². The molecule has 1 aliphatic rings. The van der Waals surface area contributed by atoms with E-state index in [1.807, 2.05) is 11.8 Å². The molecule has 0 aromatic heterocycles. The number of primary amides is 1. The SMILES string of the molecule is C1CSCCN1.CCCCCOC(N)=O. The molecule has 1 rings (SSSR count). The molecule has 0 unspecified atom stereocenters. The molecule has 4 nitrogen and oxygen atoms in total. The second-order valence-electron chi connectivity index (χ2n) is 3.24. The van der Waals surface area contributed by atoms with Gasteiger partial charge in [0, 0.05) is 24.6 Å². The summed E-state index contributed by atoms with van der Waals surface area (Å²) in [5.74, 6) is 2.61. The fourth-order valence-corrected chi connectivity index (χ4v) is 1.82. The van der Waals surface area contributed by atoms with Gasteiger partial charge in [-0.15, -0.1) is 0 Å². The van der Waals surface area contributed by atoms with Gasteiger partial charge in [0.05, 0.1) is 6.61 Å². The zero-order valence-corrected chi connectivity index (χ0v) is 10.3. The Morgan fingerprint density at radius 2 is 2.07 bits per heavy atom. The normalized spacial score (nSPS) is 15.0. The van der Waals surface area contributed by atoms with Gasteiger partial charge in [0.25, 0.3) is 0 Å². The van der Waals surface area contributed by atoms with Crippen LogP contribution < -0.4 is 11.1 Å². The average molecular weight is 234 g/mol. The zero-order valence-electron chi connectivity index (χ0n) is 9.46. The van der Waals surface area contributed by atoms with E-state index in [2.05, 4.69) is 17.0 Å². The number of ether oxygens (including phenoxy) is 1. The Hall–Kier alpha value is -0.420. The number of carbonyl (C=O) groups is 1. The molecule has 0 saturated carbocycles. The van der Waals surface area contributed by atoms with Crippen molar-refractivity contribution in [3.05, 3.63) is 0 Å². The van der Waals surface area contributed by atoms with Gasteiger partial charge in [-0.3, -0.25) is 0 Å². The summed E-state index contributed by atoms with van der Waals surface area (Å²) in [5, 5.41) is 3.26. The highest BCUT2D eigenvalue weighted by atomic mass is 32.2. The molecule has 0 bridgehead atoms. The summed E-state index contributed by atoms with van der Waals surface area (Å²) >= 11 is 2.03. The maximum absolute atomic E-state index is 9.96. The molecule has 1 saturated heterocycles. The molecule has 1 heterocycles. The van der Waals surface area contributed by atoms with Gasteiger partial charge in [-0.05, 0) is 6.42 Å². The van der Waals surface area contributed by atoms with E-state index < -0.39 is 6.09 Å². The van der Waals surface area contributed by atoms with E-state index in [0.29, 0.717) is 6.61 Å². The standard InChI is InChI=1S/C6H13NO2.C4H9NS/c1-2-3-4-5-9-6(7)8;1-3-6-4-2-5-1/h2-5H2,1H3,(H2,7,8);5H,1-4H2. The Balaban J connectivity index is 0.000000280. The molecular weight excluding hydrogens is 212 g/mol. The number of carbonyl (C=O) groups excluding carboxylic acids is 1. The van der Waals surface area contributed by atoms with Gasteiger partial charge >= 0.3 is 6.09 Å². The van der Waals surface area contributed by atoms with Crippen LogP contribution in [0.3, 0.4) is 0 Å². The highest BCUT2D eigenvalue weighted by Crippen LogP contribution is 1.99. The Morgan fingerprint density at radius 1 is 1.40 bits per heavy atom. The summed E-state index contributed by atoms with van der Waals surface area (Å²) in [5.41, 5.74) is 4.71. The highest BCUT2D eigenvalue weighted by molar-refractivity contribution is 7.99. The Bertz CT molecular complexity index is 141. The number of nitrogens with one attached hydrogen (secondary N) is 1. The lowest BCUT2D eigenvalue weighted by Gasteiger charge is -2.08. The van der Waals surface area contributed by atoms with Crippen LogP contribution in [0.15, 0.2) is 0 Å². The highest BCUT2D eigenvalue weighted by Gasteiger charge is 1.93. The van der Waals surface area contributed by atoms with Crippen LogP contribution in [0.2, 0.25) is 0 Å². The zero-order chi connectivity index (χ0) is 11.4. The second kappa shape index (κ2) is 11.7. The van der Waals surface area contributed by atoms with Crippen molar-refractivity contribution >= 4 is 17.9 Å². The maximum atomic E-state index is 9.96. The minimum atomic E-state index is -0.675. The van der Waals surface area contributed by atoms with Gasteiger partial charge in [-0.1, -0.05) is 19.8 Å². The monoisotopic (exact) mass is 234 g/mol. The summed E-state index contributed by atoms with van der Waals surface area (Å²) < 4.78 is 4.48. The second-order valence-corrected chi connectivity index (χ2v) is 4.46. The summed E-state index contributed by atoms with van der Waals surface area (Å²) in [6, 6.07) is 0. The van der Waals surface area contributed by atoms with Gasteiger partial charge in [0.1, 0.15) is 0 Å². The topological polar surface area (TPSA) is 64.3 Å². The lowest BCUT2D eigenvalue weighted by atomic mass is 10.3. The van der Waals surface area contributed by atoms with Crippen molar-refractivity contribution in [2.75, 3.05) is 31.2 Å². The molecule has 0 atom stereocenters. The fourth-order valence-electron chi connectivity index (χ4n) is 1.04. The fraction of sp³-hybridized carbons (Fsp3) is 0.900. The molecule has 3 N–H and O–H groups in total. The molecular formula is C10H22N2O2S. The molecule has 0 aromatic carbocycles. The number of hydrogen-bond acceptors (Lipinski definition) is 4. The Kier molecular flexibility index (Phi) is 11.3. The molecule has 0 spiro atoms. The quantitative estimate of drug-likeness (QED) is 0.725. The van der Waals surface area contributed by atoms with Gasteiger partial charge in [-0.2, -0.15) is 11.8 Å². The van der Waals surface area contributed by atoms with E-state index in [9.17, 15) is 4.79 Å². The van der Waals surface area contributed by atoms with E-state index in [4.69, 9.17) is 5.73 Å². The molecule has 1 aliphatic heterocycles. The van der Waals surface area contributed by atoms with Crippen molar-refractivity contribution in [2.45, 2.75) is 26.2 Å². The third-order valence-electron chi connectivity index (χ3n) is 1.84. The largest absolute Gasteiger partial charge is 0.450 e. The third-order valence-corrected chi connectivity index (χ3v) is 2.82. The number of rotatable bonds is 4. The van der Waals surface area contributed by atoms with E-state index in [1.54, 1.807) is 0 Å². The summed E-state index contributed by atoms with van der Waals surface area (Å²) in [6.45, 7) is 4.97. The molecule has 0 aliphatic carbocycles. The first-order valence-corrected chi connectivity index (χ1v) is 6.63. The van der Waals surface area contributed by atoms with Gasteiger partial charge < -0.3 is 15.8 Å². The van der Waals surface area contributed by atoms with Crippen LogP contribution in [0, 0.1) is 0 Å². The maximum Gasteiger partial charge on any atom is 0.404 e. The van der Waals surface area contributed by atoms with E-state index in [1.165, 1.54) is 24.6 Å². The molecule has 1 fully saturated rings. The van der Waals surface area contributed by atoms with Crippen LogP contribution in [-0.4, -0.2) is 37.3 Å². The molecule has 0 radical (unpaired) electrons. The summed E-state index contributed by atoms with van der Waals surface area (Å²) in [4.78, 5) is 9.96. The first-order valence-electron chi connectivity index (χ1n) is 5.48. The van der Waals surface area contributed by atoms with Gasteiger partial charge in [0.2, 0.25) is 0 Å². The smallest absolute Gasteiger partial charge is 0.404 e. The lowest BCUT2D eigenvalue weighted by Crippen LogP contribution is -2.24. The van der Waals surface area contributed by atoms with Crippen molar-refractivity contribution in [3.8, 4) is 0 Å². The van der Waals surface area contributed by atoms with E-state index >= 15 is 0 Å². The van der Waals surface area contributed by atoms with Crippen LogP contribution in [0.25, 0.3) is 0 Å². The summed E-state index contributed by atoms with van der Waals surface area (Å²) in [7, 11) is 0. The van der Waals surface area contributed by atoms with Crippen LogP contribution in [0.4, 0.5) is 4.79 Å². The lowest BCUT2D eigenvalue weighted by molar-refractivity contribution is 0.154. The number of hydrogen-bond donors (Lipinski definition) is 2. The molecule has 1 amide bonds. The van der Waals surface area contributed by atoms with Gasteiger partial charge in [0.15, 0.2) is 0 Å². The van der Waals surface area contributed by atoms with Gasteiger partial charge in [-0.25, -0.2) is 4.79 Å². The molecule has 15 heavy (non-hydrogen) atoms. The minimum Gasteiger partial charge on any atom is -0.450 e. The predicted molar refractivity (Wildman–Crippen MR) is 65.3 cm³/mol. The van der Waals surface area contributed by atoms with Crippen molar-refractivity contribution in [3.63, 3.8) is 0 Å². The average Bonchev–Trinajstić information content (AvgIpc) is 2.28. The minimum absolute atomic E-state index is 0.461.